The number of aromatic nitrogens is 2. The number of hydrogen-bond donors (Lipinski definition) is 0. The van der Waals surface area contributed by atoms with E-state index >= 15 is 0 Å². The fourth-order valence-electron chi connectivity index (χ4n) is 9.88. The maximum Gasteiger partial charge on any atom is 0.148 e. The molecule has 0 fully saturated rings. The molecule has 0 saturated carbocycles. The highest BCUT2D eigenvalue weighted by molar-refractivity contribution is 6.11. The topological polar surface area (TPSA) is 12.6 Å². The van der Waals surface area contributed by atoms with Crippen molar-refractivity contribution in [2.75, 3.05) is 4.90 Å². The molecule has 0 aliphatic heterocycles. The molecule has 0 amide bonds. The molecule has 0 bridgehead atoms. The Labute approximate surface area is 313 Å². The molecule has 2 aliphatic rings. The molecule has 10 aromatic rings. The first kappa shape index (κ1) is 29.5. The smallest absolute Gasteiger partial charge is 0.148 e. The van der Waals surface area contributed by atoms with E-state index in [1.165, 1.54) is 66.4 Å². The van der Waals surface area contributed by atoms with Crippen LogP contribution < -0.4 is 4.90 Å². The Morgan fingerprint density at radius 3 is 1.52 bits per heavy atom. The van der Waals surface area contributed by atoms with Crippen LogP contribution in [0, 0.1) is 0 Å². The molecule has 3 heteroatoms. The highest BCUT2D eigenvalue weighted by atomic mass is 15.2. The number of nitrogens with zero attached hydrogens (tertiary/aromatic N) is 3. The minimum Gasteiger partial charge on any atom is -0.307 e. The lowest BCUT2D eigenvalue weighted by Crippen LogP contribution is -2.26. The normalized spacial score (nSPS) is 13.3. The van der Waals surface area contributed by atoms with Crippen LogP contribution in [0.4, 0.5) is 17.1 Å². The number of imidazole rings is 1. The van der Waals surface area contributed by atoms with E-state index in [0.29, 0.717) is 0 Å². The first-order valence-electron chi connectivity index (χ1n) is 18.7. The maximum atomic E-state index is 2.50. The quantitative estimate of drug-likeness (QED) is 0.179. The van der Waals surface area contributed by atoms with Crippen molar-refractivity contribution in [3.63, 3.8) is 0 Å². The average molecular weight is 688 g/mol. The van der Waals surface area contributed by atoms with Crippen molar-refractivity contribution in [3.8, 4) is 27.9 Å². The van der Waals surface area contributed by atoms with E-state index in [1.807, 2.05) is 0 Å². The molecule has 0 saturated heterocycles. The SMILES string of the molecule is c1ccc(N(c2ccc3c(c2)C2(c4ccccc4-c4ccccc42)c2ccccc2-3)c2c3ccccc3n3c4ccccc4n(-c4ccccc4)c23)cc1. The number of benzene rings is 8. The fraction of sp³-hybridized carbons (Fsp3) is 0.0196. The molecule has 54 heavy (non-hydrogen) atoms. The number of anilines is 3. The van der Waals surface area contributed by atoms with Crippen molar-refractivity contribution in [2.45, 2.75) is 5.41 Å². The van der Waals surface area contributed by atoms with Crippen molar-refractivity contribution < 1.29 is 0 Å². The molecule has 0 N–H and O–H groups in total. The van der Waals surface area contributed by atoms with Crippen LogP contribution in [-0.4, -0.2) is 8.97 Å². The minimum absolute atomic E-state index is 0.436. The van der Waals surface area contributed by atoms with Crippen LogP contribution in [0.15, 0.2) is 200 Å². The zero-order chi connectivity index (χ0) is 35.4. The van der Waals surface area contributed by atoms with Gasteiger partial charge in [0.25, 0.3) is 0 Å². The predicted octanol–water partition coefficient (Wildman–Crippen LogP) is 12.8. The third-order valence-electron chi connectivity index (χ3n) is 11.9. The zero-order valence-electron chi connectivity index (χ0n) is 29.4. The molecule has 0 unspecified atom stereocenters. The van der Waals surface area contributed by atoms with Crippen LogP contribution >= 0.6 is 0 Å². The van der Waals surface area contributed by atoms with Crippen molar-refractivity contribution in [3.05, 3.63) is 222 Å². The molecule has 0 radical (unpaired) electrons. The van der Waals surface area contributed by atoms with E-state index < -0.39 is 5.41 Å². The summed E-state index contributed by atoms with van der Waals surface area (Å²) in [5.74, 6) is 0. The minimum atomic E-state index is -0.436. The van der Waals surface area contributed by atoms with Gasteiger partial charge < -0.3 is 4.90 Å². The molecule has 2 aromatic heterocycles. The summed E-state index contributed by atoms with van der Waals surface area (Å²) in [5, 5.41) is 1.20. The first-order chi connectivity index (χ1) is 26.8. The fourth-order valence-corrected chi connectivity index (χ4v) is 9.88. The van der Waals surface area contributed by atoms with Gasteiger partial charge in [-0.25, -0.2) is 0 Å². The van der Waals surface area contributed by atoms with Gasteiger partial charge in [-0.3, -0.25) is 8.97 Å². The van der Waals surface area contributed by atoms with E-state index in [-0.39, 0.29) is 0 Å². The Kier molecular flexibility index (Phi) is 5.98. The Bertz CT molecular complexity index is 3050. The van der Waals surface area contributed by atoms with Gasteiger partial charge in [0.05, 0.1) is 27.7 Å². The van der Waals surface area contributed by atoms with Gasteiger partial charge in [0, 0.05) is 22.4 Å². The summed E-state index contributed by atoms with van der Waals surface area (Å²) >= 11 is 0. The third kappa shape index (κ3) is 3.70. The van der Waals surface area contributed by atoms with Crippen LogP contribution in [0.5, 0.6) is 0 Å². The summed E-state index contributed by atoms with van der Waals surface area (Å²) < 4.78 is 4.89. The molecule has 252 valence electrons. The van der Waals surface area contributed by atoms with Gasteiger partial charge in [-0.2, -0.15) is 0 Å². The van der Waals surface area contributed by atoms with E-state index in [0.717, 1.165) is 28.4 Å². The summed E-state index contributed by atoms with van der Waals surface area (Å²) in [6, 6.07) is 73.7. The zero-order valence-corrected chi connectivity index (χ0v) is 29.4. The van der Waals surface area contributed by atoms with Crippen molar-refractivity contribution in [1.29, 1.82) is 0 Å². The second-order valence-electron chi connectivity index (χ2n) is 14.5. The Morgan fingerprint density at radius 1 is 0.370 bits per heavy atom. The van der Waals surface area contributed by atoms with Crippen LogP contribution in [0.25, 0.3) is 55.5 Å². The van der Waals surface area contributed by atoms with E-state index in [1.54, 1.807) is 0 Å². The van der Waals surface area contributed by atoms with Gasteiger partial charge in [0.2, 0.25) is 0 Å². The van der Waals surface area contributed by atoms with Crippen LogP contribution in [0.2, 0.25) is 0 Å². The highest BCUT2D eigenvalue weighted by Gasteiger charge is 2.51. The Hall–Kier alpha value is -7.10. The summed E-state index contributed by atoms with van der Waals surface area (Å²) in [6.07, 6.45) is 0. The largest absolute Gasteiger partial charge is 0.307 e. The summed E-state index contributed by atoms with van der Waals surface area (Å²) in [4.78, 5) is 2.50. The Morgan fingerprint density at radius 2 is 0.870 bits per heavy atom. The van der Waals surface area contributed by atoms with E-state index in [4.69, 9.17) is 0 Å². The number of hydrogen-bond acceptors (Lipinski definition) is 1. The monoisotopic (exact) mass is 687 g/mol. The van der Waals surface area contributed by atoms with Crippen LogP contribution in [0.1, 0.15) is 22.3 Å². The average Bonchev–Trinajstić information content (AvgIpc) is 3.94. The lowest BCUT2D eigenvalue weighted by atomic mass is 9.70. The van der Waals surface area contributed by atoms with Gasteiger partial charge in [0.15, 0.2) is 0 Å². The number of para-hydroxylation sites is 5. The standard InChI is InChI=1S/C51H33N3/c1-3-17-34(18-4-1)52(49-41-24-10-14-28-46(41)54-48-30-16-15-29-47(48)53(50(49)54)35-19-5-2-6-20-35)36-31-32-40-39-23-9-13-27-44(39)51(45(40)33-36)42-25-11-7-21-37(42)38-22-8-12-26-43(38)51/h1-33H. The molecular formula is C51H33N3. The summed E-state index contributed by atoms with van der Waals surface area (Å²) in [5.41, 5.74) is 19.3. The molecule has 2 aliphatic carbocycles. The van der Waals surface area contributed by atoms with Gasteiger partial charge in [-0.1, -0.05) is 146 Å². The van der Waals surface area contributed by atoms with Gasteiger partial charge in [-0.15, -0.1) is 0 Å². The number of fused-ring (bicyclic) bond motifs is 15. The molecule has 0 atom stereocenters. The summed E-state index contributed by atoms with van der Waals surface area (Å²) in [6.45, 7) is 0. The van der Waals surface area contributed by atoms with Crippen LogP contribution in [0.3, 0.4) is 0 Å². The van der Waals surface area contributed by atoms with E-state index in [2.05, 4.69) is 214 Å². The second kappa shape index (κ2) is 11.0. The van der Waals surface area contributed by atoms with Gasteiger partial charge in [-0.05, 0) is 99.1 Å². The predicted molar refractivity (Wildman–Crippen MR) is 223 cm³/mol. The summed E-state index contributed by atoms with van der Waals surface area (Å²) in [7, 11) is 0. The van der Waals surface area contributed by atoms with Gasteiger partial charge >= 0.3 is 0 Å². The second-order valence-corrected chi connectivity index (χ2v) is 14.5. The highest BCUT2D eigenvalue weighted by Crippen LogP contribution is 2.63. The lowest BCUT2D eigenvalue weighted by molar-refractivity contribution is 0.793. The molecule has 8 aromatic carbocycles. The third-order valence-corrected chi connectivity index (χ3v) is 11.9. The lowest BCUT2D eigenvalue weighted by Gasteiger charge is -2.32. The Balaban J connectivity index is 1.22. The number of rotatable bonds is 4. The van der Waals surface area contributed by atoms with Crippen LogP contribution in [-0.2, 0) is 5.41 Å². The van der Waals surface area contributed by atoms with E-state index in [9.17, 15) is 0 Å². The van der Waals surface area contributed by atoms with Crippen molar-refractivity contribution >= 4 is 44.6 Å². The molecule has 2 heterocycles. The molecular weight excluding hydrogens is 655 g/mol. The first-order valence-corrected chi connectivity index (χ1v) is 18.7. The molecule has 12 rings (SSSR count). The molecule has 3 nitrogen and oxygen atoms in total. The van der Waals surface area contributed by atoms with Gasteiger partial charge in [0.1, 0.15) is 5.65 Å². The molecule has 1 spiro atoms. The maximum absolute atomic E-state index is 2.50. The van der Waals surface area contributed by atoms with Crippen molar-refractivity contribution in [2.24, 2.45) is 0 Å². The van der Waals surface area contributed by atoms with Crippen molar-refractivity contribution in [1.82, 2.24) is 8.97 Å².